The largest absolute Gasteiger partial charge is 0.366 e. The van der Waals surface area contributed by atoms with Gasteiger partial charge in [-0.3, -0.25) is 4.68 Å². The van der Waals surface area contributed by atoms with Gasteiger partial charge in [0.2, 0.25) is 0 Å². The molecule has 3 aromatic rings. The summed E-state index contributed by atoms with van der Waals surface area (Å²) in [4.78, 5) is 4.45. The van der Waals surface area contributed by atoms with Gasteiger partial charge in [0.1, 0.15) is 5.82 Å². The lowest BCUT2D eigenvalue weighted by Gasteiger charge is -2.04. The smallest absolute Gasteiger partial charge is 0.157 e. The van der Waals surface area contributed by atoms with Gasteiger partial charge in [0.15, 0.2) is 5.65 Å². The fourth-order valence-corrected chi connectivity index (χ4v) is 1.92. The number of rotatable bonds is 3. The molecule has 0 radical (unpaired) electrons. The Hall–Kier alpha value is -2.37. The predicted molar refractivity (Wildman–Crippen MR) is 68.3 cm³/mol. The quantitative estimate of drug-likeness (QED) is 0.754. The van der Waals surface area contributed by atoms with Gasteiger partial charge in [-0.05, 0) is 13.0 Å². The van der Waals surface area contributed by atoms with Crippen molar-refractivity contribution in [1.29, 1.82) is 0 Å². The highest BCUT2D eigenvalue weighted by Gasteiger charge is 2.03. The van der Waals surface area contributed by atoms with Crippen molar-refractivity contribution in [2.75, 3.05) is 5.32 Å². The molecule has 0 saturated carbocycles. The second-order valence-corrected chi connectivity index (χ2v) is 4.21. The number of hydrogen-bond donors (Lipinski definition) is 1. The molecule has 1 N–H and O–H groups in total. The Balaban J connectivity index is 1.78. The van der Waals surface area contributed by atoms with Gasteiger partial charge in [-0.15, -0.1) is 0 Å². The fraction of sp³-hybridized carbons (Fsp3) is 0.250. The van der Waals surface area contributed by atoms with E-state index in [4.69, 9.17) is 0 Å². The van der Waals surface area contributed by atoms with Crippen molar-refractivity contribution in [3.8, 4) is 0 Å². The summed E-state index contributed by atoms with van der Waals surface area (Å²) in [5.74, 6) is 0.839. The summed E-state index contributed by atoms with van der Waals surface area (Å²) in [6.45, 7) is 2.72. The normalized spacial score (nSPS) is 11.0. The third-order valence-electron chi connectivity index (χ3n) is 2.83. The number of hydrogen-bond acceptors (Lipinski definition) is 4. The SMILES string of the molecule is Cc1nn(C)cc1CNc1ccn2nccc2n1. The predicted octanol–water partition coefficient (Wildman–Crippen LogP) is 1.38. The molecular weight excluding hydrogens is 228 g/mol. The number of nitrogens with zero attached hydrogens (tertiary/aromatic N) is 5. The van der Waals surface area contributed by atoms with E-state index in [9.17, 15) is 0 Å². The molecule has 6 heteroatoms. The van der Waals surface area contributed by atoms with Gasteiger partial charge < -0.3 is 5.32 Å². The van der Waals surface area contributed by atoms with E-state index < -0.39 is 0 Å². The summed E-state index contributed by atoms with van der Waals surface area (Å²) < 4.78 is 3.56. The summed E-state index contributed by atoms with van der Waals surface area (Å²) in [5, 5.41) is 11.7. The maximum Gasteiger partial charge on any atom is 0.157 e. The zero-order valence-corrected chi connectivity index (χ0v) is 10.3. The highest BCUT2D eigenvalue weighted by atomic mass is 15.3. The van der Waals surface area contributed by atoms with Crippen LogP contribution in [0.2, 0.25) is 0 Å². The first-order valence-corrected chi connectivity index (χ1v) is 5.76. The second-order valence-electron chi connectivity index (χ2n) is 4.21. The molecule has 0 aliphatic carbocycles. The van der Waals surface area contributed by atoms with Crippen molar-refractivity contribution >= 4 is 11.5 Å². The monoisotopic (exact) mass is 242 g/mol. The van der Waals surface area contributed by atoms with E-state index in [-0.39, 0.29) is 0 Å². The van der Waals surface area contributed by atoms with Crippen LogP contribution in [0.1, 0.15) is 11.3 Å². The Labute approximate surface area is 104 Å². The summed E-state index contributed by atoms with van der Waals surface area (Å²) >= 11 is 0. The molecule has 0 atom stereocenters. The molecule has 0 bridgehead atoms. The minimum Gasteiger partial charge on any atom is -0.366 e. The summed E-state index contributed by atoms with van der Waals surface area (Å²) in [7, 11) is 1.92. The van der Waals surface area contributed by atoms with E-state index >= 15 is 0 Å². The van der Waals surface area contributed by atoms with Crippen LogP contribution < -0.4 is 5.32 Å². The number of nitrogens with one attached hydrogen (secondary N) is 1. The standard InChI is InChI=1S/C12H14N6/c1-9-10(8-17(2)16-9)7-13-11-4-6-18-12(15-11)3-5-14-18/h3-6,8H,7H2,1-2H3,(H,13,15). The maximum atomic E-state index is 4.45. The molecule has 0 amide bonds. The Bertz CT molecular complexity index is 681. The van der Waals surface area contributed by atoms with Crippen LogP contribution >= 0.6 is 0 Å². The van der Waals surface area contributed by atoms with Crippen molar-refractivity contribution in [2.24, 2.45) is 7.05 Å². The van der Waals surface area contributed by atoms with Crippen LogP contribution in [0, 0.1) is 6.92 Å². The highest BCUT2D eigenvalue weighted by molar-refractivity contribution is 5.45. The number of fused-ring (bicyclic) bond motifs is 1. The molecule has 3 aromatic heterocycles. The van der Waals surface area contributed by atoms with Crippen LogP contribution in [-0.4, -0.2) is 24.4 Å². The van der Waals surface area contributed by atoms with E-state index in [1.807, 2.05) is 43.2 Å². The average Bonchev–Trinajstić information content (AvgIpc) is 2.92. The minimum absolute atomic E-state index is 0.719. The van der Waals surface area contributed by atoms with E-state index in [1.54, 1.807) is 10.7 Å². The number of anilines is 1. The molecule has 0 saturated heterocycles. The summed E-state index contributed by atoms with van der Waals surface area (Å²) in [6.07, 6.45) is 5.64. The molecule has 0 unspecified atom stereocenters. The summed E-state index contributed by atoms with van der Waals surface area (Å²) in [5.41, 5.74) is 3.05. The molecule has 18 heavy (non-hydrogen) atoms. The Morgan fingerprint density at radius 2 is 2.22 bits per heavy atom. The van der Waals surface area contributed by atoms with Crippen molar-refractivity contribution in [2.45, 2.75) is 13.5 Å². The van der Waals surface area contributed by atoms with Crippen LogP contribution in [0.15, 0.2) is 30.7 Å². The Morgan fingerprint density at radius 1 is 1.33 bits per heavy atom. The lowest BCUT2D eigenvalue weighted by Crippen LogP contribution is -2.03. The van der Waals surface area contributed by atoms with Crippen molar-refractivity contribution in [3.05, 3.63) is 42.0 Å². The number of aromatic nitrogens is 5. The summed E-state index contributed by atoms with van der Waals surface area (Å²) in [6, 6.07) is 3.78. The third kappa shape index (κ3) is 1.92. The zero-order valence-electron chi connectivity index (χ0n) is 10.3. The lowest BCUT2D eigenvalue weighted by molar-refractivity contribution is 0.756. The molecule has 3 heterocycles. The van der Waals surface area contributed by atoms with E-state index in [0.717, 1.165) is 23.7 Å². The van der Waals surface area contributed by atoms with Crippen LogP contribution in [0.4, 0.5) is 5.82 Å². The third-order valence-corrected chi connectivity index (χ3v) is 2.83. The van der Waals surface area contributed by atoms with Crippen molar-refractivity contribution in [1.82, 2.24) is 24.4 Å². The Morgan fingerprint density at radius 3 is 3.00 bits per heavy atom. The van der Waals surface area contributed by atoms with E-state index in [1.165, 1.54) is 5.56 Å². The van der Waals surface area contributed by atoms with E-state index in [2.05, 4.69) is 20.5 Å². The molecule has 0 aromatic carbocycles. The maximum absolute atomic E-state index is 4.45. The molecule has 92 valence electrons. The zero-order chi connectivity index (χ0) is 12.5. The molecule has 0 spiro atoms. The number of aryl methyl sites for hydroxylation is 2. The average molecular weight is 242 g/mol. The Kier molecular flexibility index (Phi) is 2.47. The molecule has 3 rings (SSSR count). The van der Waals surface area contributed by atoms with Gasteiger partial charge in [-0.1, -0.05) is 0 Å². The minimum atomic E-state index is 0.719. The first kappa shape index (κ1) is 10.8. The first-order valence-electron chi connectivity index (χ1n) is 5.76. The van der Waals surface area contributed by atoms with Gasteiger partial charge in [-0.2, -0.15) is 10.2 Å². The van der Waals surface area contributed by atoms with Gasteiger partial charge in [0.05, 0.1) is 11.9 Å². The molecule has 6 nitrogen and oxygen atoms in total. The van der Waals surface area contributed by atoms with Gasteiger partial charge in [0, 0.05) is 37.6 Å². The molecular formula is C12H14N6. The molecule has 0 fully saturated rings. The van der Waals surface area contributed by atoms with E-state index in [0.29, 0.717) is 0 Å². The van der Waals surface area contributed by atoms with Gasteiger partial charge in [0.25, 0.3) is 0 Å². The lowest BCUT2D eigenvalue weighted by atomic mass is 10.2. The molecule has 0 aliphatic rings. The highest BCUT2D eigenvalue weighted by Crippen LogP contribution is 2.10. The molecule has 0 aliphatic heterocycles. The van der Waals surface area contributed by atoms with Crippen LogP contribution in [0.3, 0.4) is 0 Å². The van der Waals surface area contributed by atoms with Crippen LogP contribution in [0.25, 0.3) is 5.65 Å². The van der Waals surface area contributed by atoms with Gasteiger partial charge in [-0.25, -0.2) is 9.50 Å². The van der Waals surface area contributed by atoms with Gasteiger partial charge >= 0.3 is 0 Å². The fourth-order valence-electron chi connectivity index (χ4n) is 1.92. The van der Waals surface area contributed by atoms with Crippen molar-refractivity contribution < 1.29 is 0 Å². The van der Waals surface area contributed by atoms with Crippen LogP contribution in [-0.2, 0) is 13.6 Å². The topological polar surface area (TPSA) is 60.0 Å². The van der Waals surface area contributed by atoms with Crippen LogP contribution in [0.5, 0.6) is 0 Å². The first-order chi connectivity index (χ1) is 8.72. The second kappa shape index (κ2) is 4.14. The van der Waals surface area contributed by atoms with Crippen molar-refractivity contribution in [3.63, 3.8) is 0 Å².